The van der Waals surface area contributed by atoms with Crippen molar-refractivity contribution in [1.82, 2.24) is 14.7 Å². The number of hydrogen-bond acceptors (Lipinski definition) is 4. The predicted octanol–water partition coefficient (Wildman–Crippen LogP) is 3.40. The second-order valence-electron chi connectivity index (χ2n) is 8.69. The molecule has 1 amide bonds. The van der Waals surface area contributed by atoms with Gasteiger partial charge in [0.25, 0.3) is 5.91 Å². The van der Waals surface area contributed by atoms with Gasteiger partial charge < -0.3 is 4.90 Å². The number of rotatable bonds is 3. The molecule has 2 aliphatic rings. The Morgan fingerprint density at radius 3 is 2.41 bits per heavy atom. The highest BCUT2D eigenvalue weighted by atomic mass is 32.2. The van der Waals surface area contributed by atoms with E-state index in [1.165, 1.54) is 5.56 Å². The van der Waals surface area contributed by atoms with E-state index in [1.807, 2.05) is 17.0 Å². The Hall–Kier alpha value is -2.15. The number of piperidine rings is 1. The predicted molar refractivity (Wildman–Crippen MR) is 114 cm³/mol. The molecule has 0 N–H and O–H groups in total. The normalized spacial score (nSPS) is 22.2. The highest BCUT2D eigenvalue weighted by Crippen LogP contribution is 2.31. The highest BCUT2D eigenvalue weighted by molar-refractivity contribution is 7.91. The van der Waals surface area contributed by atoms with Gasteiger partial charge in [-0.3, -0.25) is 9.48 Å². The van der Waals surface area contributed by atoms with E-state index >= 15 is 0 Å². The molecule has 0 saturated carbocycles. The summed E-state index contributed by atoms with van der Waals surface area (Å²) in [5, 5.41) is 4.64. The van der Waals surface area contributed by atoms with Gasteiger partial charge >= 0.3 is 0 Å². The number of sulfone groups is 1. The van der Waals surface area contributed by atoms with Crippen molar-refractivity contribution in [3.63, 3.8) is 0 Å². The molecule has 4 rings (SSSR count). The highest BCUT2D eigenvalue weighted by Gasteiger charge is 2.33. The van der Waals surface area contributed by atoms with Crippen molar-refractivity contribution in [2.75, 3.05) is 24.6 Å². The number of carbonyl (C=O) groups excluding carboxylic acids is 1. The molecule has 6 nitrogen and oxygen atoms in total. The largest absolute Gasteiger partial charge is 0.337 e. The van der Waals surface area contributed by atoms with E-state index in [2.05, 4.69) is 38.0 Å². The van der Waals surface area contributed by atoms with Crippen LogP contribution in [0.2, 0.25) is 0 Å². The SMILES string of the molecule is Cc1ccc(-c2cc(C(=O)N3CCC(C)CC3)nn2[C@H]2CCS(=O)(=O)C2)cc1C. The van der Waals surface area contributed by atoms with Crippen molar-refractivity contribution < 1.29 is 13.2 Å². The Morgan fingerprint density at radius 2 is 1.79 bits per heavy atom. The minimum atomic E-state index is -3.05. The van der Waals surface area contributed by atoms with Crippen molar-refractivity contribution in [3.05, 3.63) is 41.1 Å². The third-order valence-corrected chi connectivity index (χ3v) is 8.13. The Morgan fingerprint density at radius 1 is 1.07 bits per heavy atom. The van der Waals surface area contributed by atoms with Crippen LogP contribution in [0.3, 0.4) is 0 Å². The van der Waals surface area contributed by atoms with Crippen LogP contribution < -0.4 is 0 Å². The zero-order valence-electron chi connectivity index (χ0n) is 17.4. The summed E-state index contributed by atoms with van der Waals surface area (Å²) >= 11 is 0. The lowest BCUT2D eigenvalue weighted by molar-refractivity contribution is 0.0690. The second kappa shape index (κ2) is 7.59. The lowest BCUT2D eigenvalue weighted by Gasteiger charge is -2.29. The lowest BCUT2D eigenvalue weighted by Crippen LogP contribution is -2.38. The molecule has 1 aromatic heterocycles. The quantitative estimate of drug-likeness (QED) is 0.770. The van der Waals surface area contributed by atoms with Gasteiger partial charge in [0, 0.05) is 18.7 Å². The number of nitrogens with zero attached hydrogens (tertiary/aromatic N) is 3. The van der Waals surface area contributed by atoms with Crippen molar-refractivity contribution in [2.45, 2.75) is 46.1 Å². The molecule has 7 heteroatoms. The molecule has 2 aromatic rings. The summed E-state index contributed by atoms with van der Waals surface area (Å²) in [6.45, 7) is 7.84. The summed E-state index contributed by atoms with van der Waals surface area (Å²) in [6, 6.07) is 7.79. The Kier molecular flexibility index (Phi) is 5.27. The zero-order valence-corrected chi connectivity index (χ0v) is 18.2. The van der Waals surface area contributed by atoms with E-state index in [0.717, 1.165) is 42.8 Å². The summed E-state index contributed by atoms with van der Waals surface area (Å²) in [5.74, 6) is 0.853. The van der Waals surface area contributed by atoms with Gasteiger partial charge in [-0.05, 0) is 62.3 Å². The Labute approximate surface area is 172 Å². The molecule has 0 spiro atoms. The van der Waals surface area contributed by atoms with Crippen LogP contribution in [0.1, 0.15) is 53.8 Å². The van der Waals surface area contributed by atoms with Gasteiger partial charge in [0.15, 0.2) is 15.5 Å². The summed E-state index contributed by atoms with van der Waals surface area (Å²) in [4.78, 5) is 15.0. The van der Waals surface area contributed by atoms with Crippen LogP contribution in [0.25, 0.3) is 11.3 Å². The van der Waals surface area contributed by atoms with Gasteiger partial charge in [0.1, 0.15) is 0 Å². The lowest BCUT2D eigenvalue weighted by atomic mass is 9.99. The molecule has 2 fully saturated rings. The number of carbonyl (C=O) groups is 1. The molecular formula is C22H29N3O3S. The van der Waals surface area contributed by atoms with Crippen molar-refractivity contribution >= 4 is 15.7 Å². The number of hydrogen-bond donors (Lipinski definition) is 0. The fraction of sp³-hybridized carbons (Fsp3) is 0.545. The molecule has 0 unspecified atom stereocenters. The van der Waals surface area contributed by atoms with Crippen LogP contribution in [0.5, 0.6) is 0 Å². The monoisotopic (exact) mass is 415 g/mol. The van der Waals surface area contributed by atoms with Crippen LogP contribution in [0.15, 0.2) is 24.3 Å². The molecule has 1 aromatic carbocycles. The topological polar surface area (TPSA) is 72.3 Å². The van der Waals surface area contributed by atoms with Gasteiger partial charge in [-0.1, -0.05) is 19.1 Å². The third-order valence-electron chi connectivity index (χ3n) is 6.38. The molecule has 1 atom stereocenters. The first-order chi connectivity index (χ1) is 13.7. The molecular weight excluding hydrogens is 386 g/mol. The van der Waals surface area contributed by atoms with Crippen molar-refractivity contribution in [1.29, 1.82) is 0 Å². The van der Waals surface area contributed by atoms with Gasteiger partial charge in [-0.15, -0.1) is 0 Å². The van der Waals surface area contributed by atoms with Gasteiger partial charge in [-0.2, -0.15) is 5.10 Å². The van der Waals surface area contributed by atoms with E-state index in [1.54, 1.807) is 4.68 Å². The number of amides is 1. The van der Waals surface area contributed by atoms with Gasteiger partial charge in [0.2, 0.25) is 0 Å². The number of aryl methyl sites for hydroxylation is 2. The first-order valence-corrected chi connectivity index (χ1v) is 12.2. The first kappa shape index (κ1) is 20.1. The van der Waals surface area contributed by atoms with E-state index in [4.69, 9.17) is 0 Å². The molecule has 0 radical (unpaired) electrons. The zero-order chi connectivity index (χ0) is 20.8. The number of aromatic nitrogens is 2. The maximum Gasteiger partial charge on any atom is 0.274 e. The minimum absolute atomic E-state index is 0.0541. The van der Waals surface area contributed by atoms with E-state index in [0.29, 0.717) is 18.0 Å². The maximum atomic E-state index is 13.1. The third kappa shape index (κ3) is 4.10. The Bertz CT molecular complexity index is 1030. The van der Waals surface area contributed by atoms with Crippen LogP contribution in [-0.2, 0) is 9.84 Å². The van der Waals surface area contributed by atoms with E-state index in [9.17, 15) is 13.2 Å². The summed E-state index contributed by atoms with van der Waals surface area (Å²) in [7, 11) is -3.05. The van der Waals surface area contributed by atoms with Crippen molar-refractivity contribution in [3.8, 4) is 11.3 Å². The van der Waals surface area contributed by atoms with Crippen molar-refractivity contribution in [2.24, 2.45) is 5.92 Å². The Balaban J connectivity index is 1.72. The van der Waals surface area contributed by atoms with Crippen LogP contribution in [0.4, 0.5) is 0 Å². The maximum absolute atomic E-state index is 13.1. The average molecular weight is 416 g/mol. The van der Waals surface area contributed by atoms with Crippen LogP contribution in [-0.4, -0.2) is 53.6 Å². The molecule has 2 aliphatic heterocycles. The summed E-state index contributed by atoms with van der Waals surface area (Å²) in [5.41, 5.74) is 4.56. The van der Waals surface area contributed by atoms with Gasteiger partial charge in [0.05, 0.1) is 23.2 Å². The number of benzene rings is 1. The van der Waals surface area contributed by atoms with Crippen LogP contribution >= 0.6 is 0 Å². The molecule has 0 bridgehead atoms. The fourth-order valence-electron chi connectivity index (χ4n) is 4.24. The standard InChI is InChI=1S/C22H29N3O3S/c1-15-6-9-24(10-7-15)22(26)20-13-21(18-5-4-16(2)17(3)12-18)25(23-20)19-8-11-29(27,28)14-19/h4-5,12-13,15,19H,6-11,14H2,1-3H3/t19-/m0/s1. The smallest absolute Gasteiger partial charge is 0.274 e. The average Bonchev–Trinajstić information content (AvgIpc) is 3.27. The van der Waals surface area contributed by atoms with Crippen LogP contribution in [0, 0.1) is 19.8 Å². The first-order valence-electron chi connectivity index (χ1n) is 10.4. The molecule has 156 valence electrons. The fourth-order valence-corrected chi connectivity index (χ4v) is 5.93. The summed E-state index contributed by atoms with van der Waals surface area (Å²) in [6.07, 6.45) is 2.56. The second-order valence-corrected chi connectivity index (χ2v) is 10.9. The molecule has 3 heterocycles. The number of likely N-dealkylation sites (tertiary alicyclic amines) is 1. The summed E-state index contributed by atoms with van der Waals surface area (Å²) < 4.78 is 25.9. The van der Waals surface area contributed by atoms with E-state index in [-0.39, 0.29) is 23.5 Å². The van der Waals surface area contributed by atoms with Gasteiger partial charge in [-0.25, -0.2) is 8.42 Å². The van der Waals surface area contributed by atoms with E-state index < -0.39 is 9.84 Å². The minimum Gasteiger partial charge on any atom is -0.337 e. The molecule has 0 aliphatic carbocycles. The molecule has 2 saturated heterocycles. The molecule has 29 heavy (non-hydrogen) atoms.